The van der Waals surface area contributed by atoms with Gasteiger partial charge in [-0.25, -0.2) is 0 Å². The van der Waals surface area contributed by atoms with Gasteiger partial charge < -0.3 is 4.57 Å². The molecule has 2 heterocycles. The predicted molar refractivity (Wildman–Crippen MR) is 137 cm³/mol. The predicted octanol–water partition coefficient (Wildman–Crippen LogP) is 7.96. The summed E-state index contributed by atoms with van der Waals surface area (Å²) in [5.74, 6) is 3.58. The number of benzene rings is 3. The first-order chi connectivity index (χ1) is 16.2. The van der Waals surface area contributed by atoms with Crippen LogP contribution < -0.4 is 0 Å². The molecule has 3 aromatic carbocycles. The Morgan fingerprint density at radius 1 is 0.758 bits per heavy atom. The first-order valence-corrected chi connectivity index (χ1v) is 13.4. The fraction of sp³-hybridized carbons (Fsp3) is 0.438. The largest absolute Gasteiger partial charge is 0.308 e. The maximum Gasteiger partial charge on any atom is 0.0582 e. The van der Waals surface area contributed by atoms with Gasteiger partial charge in [-0.2, -0.15) is 0 Å². The van der Waals surface area contributed by atoms with Gasteiger partial charge in [-0.05, 0) is 96.9 Å². The lowest BCUT2D eigenvalue weighted by molar-refractivity contribution is -0.0418. The molecule has 0 radical (unpaired) electrons. The van der Waals surface area contributed by atoms with Gasteiger partial charge in [0.25, 0.3) is 0 Å². The molecule has 1 spiro atoms. The van der Waals surface area contributed by atoms with Crippen LogP contribution in [0.2, 0.25) is 0 Å². The van der Waals surface area contributed by atoms with E-state index in [4.69, 9.17) is 0 Å². The summed E-state index contributed by atoms with van der Waals surface area (Å²) in [6.07, 6.45) is 9.47. The summed E-state index contributed by atoms with van der Waals surface area (Å²) in [5.41, 5.74) is 11.0. The Morgan fingerprint density at radius 2 is 1.48 bits per heavy atom. The number of fused-ring (bicyclic) bond motifs is 5. The summed E-state index contributed by atoms with van der Waals surface area (Å²) >= 11 is 0. The third-order valence-electron chi connectivity index (χ3n) is 10.3. The molecule has 0 unspecified atom stereocenters. The minimum absolute atomic E-state index is 0.214. The van der Waals surface area contributed by atoms with Crippen molar-refractivity contribution in [2.24, 2.45) is 23.7 Å². The van der Waals surface area contributed by atoms with Crippen LogP contribution >= 0.6 is 0 Å². The standard InChI is InChI=1S/C32H33N/c1-3-19-11-12-25-26-8-6-10-28-31(26)33(29(25)18-19)30-22(4-2)7-5-9-27(30)32(28)23-14-20-13-21(16-23)17-24(32)15-20/h5-12,18,20-21,23-24H,3-4,13-17H2,1-2H3. The van der Waals surface area contributed by atoms with E-state index in [9.17, 15) is 0 Å². The van der Waals surface area contributed by atoms with Crippen LogP contribution in [0.25, 0.3) is 27.5 Å². The fourth-order valence-corrected chi connectivity index (χ4v) is 9.32. The summed E-state index contributed by atoms with van der Waals surface area (Å²) in [5, 5.41) is 2.90. The van der Waals surface area contributed by atoms with Gasteiger partial charge in [0.15, 0.2) is 0 Å². The second kappa shape index (κ2) is 6.32. The number of hydrogen-bond donors (Lipinski definition) is 0. The Bertz CT molecular complexity index is 1420. The summed E-state index contributed by atoms with van der Waals surface area (Å²) in [7, 11) is 0. The number of aryl methyl sites for hydroxylation is 2. The van der Waals surface area contributed by atoms with Gasteiger partial charge in [0.2, 0.25) is 0 Å². The van der Waals surface area contributed by atoms with Gasteiger partial charge in [0, 0.05) is 16.2 Å². The molecule has 0 N–H and O–H groups in total. The van der Waals surface area contributed by atoms with Crippen LogP contribution in [0.3, 0.4) is 0 Å². The van der Waals surface area contributed by atoms with E-state index in [1.807, 2.05) is 0 Å². The van der Waals surface area contributed by atoms with E-state index in [0.717, 1.165) is 36.5 Å². The highest BCUT2D eigenvalue weighted by atomic mass is 15.0. The topological polar surface area (TPSA) is 4.93 Å². The third-order valence-corrected chi connectivity index (χ3v) is 10.3. The first-order valence-electron chi connectivity index (χ1n) is 13.4. The van der Waals surface area contributed by atoms with Crippen molar-refractivity contribution >= 4 is 21.8 Å². The molecule has 33 heavy (non-hydrogen) atoms. The molecule has 9 rings (SSSR count). The minimum atomic E-state index is 0.214. The summed E-state index contributed by atoms with van der Waals surface area (Å²) in [6.45, 7) is 4.63. The second-order valence-corrected chi connectivity index (χ2v) is 11.6. The van der Waals surface area contributed by atoms with Gasteiger partial charge in [0.05, 0.1) is 16.7 Å². The molecule has 4 aromatic rings. The minimum Gasteiger partial charge on any atom is -0.308 e. The lowest BCUT2D eigenvalue weighted by Gasteiger charge is -2.63. The molecule has 166 valence electrons. The molecule has 4 saturated carbocycles. The molecular weight excluding hydrogens is 398 g/mol. The highest BCUT2D eigenvalue weighted by molar-refractivity contribution is 6.12. The third kappa shape index (κ3) is 2.12. The molecule has 0 atom stereocenters. The number of rotatable bonds is 2. The molecule has 4 aliphatic carbocycles. The Labute approximate surface area is 196 Å². The van der Waals surface area contributed by atoms with Gasteiger partial charge in [0.1, 0.15) is 0 Å². The Morgan fingerprint density at radius 3 is 2.21 bits per heavy atom. The number of nitrogens with zero attached hydrogens (tertiary/aromatic N) is 1. The van der Waals surface area contributed by atoms with Gasteiger partial charge in [-0.1, -0.05) is 62.4 Å². The van der Waals surface area contributed by atoms with Crippen molar-refractivity contribution in [2.75, 3.05) is 0 Å². The molecular formula is C32H33N. The van der Waals surface area contributed by atoms with Crippen molar-refractivity contribution in [2.45, 2.75) is 64.2 Å². The van der Waals surface area contributed by atoms with Crippen molar-refractivity contribution < 1.29 is 0 Å². The average molecular weight is 432 g/mol. The molecule has 1 aliphatic heterocycles. The zero-order valence-corrected chi connectivity index (χ0v) is 19.9. The van der Waals surface area contributed by atoms with E-state index >= 15 is 0 Å². The fourth-order valence-electron chi connectivity index (χ4n) is 9.32. The molecule has 4 fully saturated rings. The first kappa shape index (κ1) is 18.8. The van der Waals surface area contributed by atoms with Crippen LogP contribution in [0.5, 0.6) is 0 Å². The van der Waals surface area contributed by atoms with Crippen molar-refractivity contribution in [1.29, 1.82) is 0 Å². The van der Waals surface area contributed by atoms with Crippen LogP contribution in [0.1, 0.15) is 68.2 Å². The molecule has 1 nitrogen and oxygen atoms in total. The van der Waals surface area contributed by atoms with E-state index in [1.54, 1.807) is 16.8 Å². The molecule has 4 bridgehead atoms. The molecule has 0 amide bonds. The van der Waals surface area contributed by atoms with Gasteiger partial charge in [-0.3, -0.25) is 0 Å². The number of hydrogen-bond acceptors (Lipinski definition) is 0. The van der Waals surface area contributed by atoms with Crippen molar-refractivity contribution in [3.8, 4) is 5.69 Å². The van der Waals surface area contributed by atoms with Crippen LogP contribution in [0, 0.1) is 23.7 Å². The quantitative estimate of drug-likeness (QED) is 0.303. The second-order valence-electron chi connectivity index (χ2n) is 11.6. The van der Waals surface area contributed by atoms with Crippen molar-refractivity contribution in [3.63, 3.8) is 0 Å². The Hall–Kier alpha value is -2.54. The lowest BCUT2D eigenvalue weighted by Crippen LogP contribution is -2.57. The van der Waals surface area contributed by atoms with E-state index in [2.05, 4.69) is 73.0 Å². The summed E-state index contributed by atoms with van der Waals surface area (Å²) in [4.78, 5) is 0. The van der Waals surface area contributed by atoms with E-state index in [0.29, 0.717) is 0 Å². The van der Waals surface area contributed by atoms with Crippen LogP contribution in [0.15, 0.2) is 54.6 Å². The number of para-hydroxylation sites is 2. The van der Waals surface area contributed by atoms with E-state index in [1.165, 1.54) is 65.0 Å². The zero-order chi connectivity index (χ0) is 21.9. The van der Waals surface area contributed by atoms with Crippen LogP contribution in [-0.2, 0) is 18.3 Å². The summed E-state index contributed by atoms with van der Waals surface area (Å²) in [6, 6.07) is 21.8. The maximum absolute atomic E-state index is 2.70. The van der Waals surface area contributed by atoms with Gasteiger partial charge in [-0.15, -0.1) is 0 Å². The molecule has 1 aromatic heterocycles. The zero-order valence-electron chi connectivity index (χ0n) is 19.9. The monoisotopic (exact) mass is 431 g/mol. The van der Waals surface area contributed by atoms with E-state index in [-0.39, 0.29) is 5.41 Å². The molecule has 1 heteroatoms. The summed E-state index contributed by atoms with van der Waals surface area (Å²) < 4.78 is 2.70. The van der Waals surface area contributed by atoms with E-state index < -0.39 is 0 Å². The Balaban J connectivity index is 1.58. The Kier molecular flexibility index (Phi) is 3.61. The number of aromatic nitrogens is 1. The average Bonchev–Trinajstić information content (AvgIpc) is 3.17. The normalized spacial score (nSPS) is 31.1. The highest BCUT2D eigenvalue weighted by Gasteiger charge is 2.61. The maximum atomic E-state index is 2.70. The van der Waals surface area contributed by atoms with Crippen LogP contribution in [-0.4, -0.2) is 4.57 Å². The van der Waals surface area contributed by atoms with Crippen molar-refractivity contribution in [3.05, 3.63) is 76.9 Å². The van der Waals surface area contributed by atoms with Gasteiger partial charge >= 0.3 is 0 Å². The smallest absolute Gasteiger partial charge is 0.0582 e. The van der Waals surface area contributed by atoms with Crippen LogP contribution in [0.4, 0.5) is 0 Å². The SMILES string of the molecule is CCc1ccc2c3cccc4c3n(c2c1)-c1c(CC)cccc1C41C2CC3CC(C2)CC1C3. The molecule has 0 saturated heterocycles. The molecule has 5 aliphatic rings. The lowest BCUT2D eigenvalue weighted by atomic mass is 9.41. The van der Waals surface area contributed by atoms with Crippen molar-refractivity contribution in [1.82, 2.24) is 4.57 Å². The highest BCUT2D eigenvalue weighted by Crippen LogP contribution is 2.68.